The summed E-state index contributed by atoms with van der Waals surface area (Å²) in [5, 5.41) is 8.92. The van der Waals surface area contributed by atoms with Crippen molar-refractivity contribution in [3.8, 4) is 11.5 Å². The number of methoxy groups -OCH3 is 2. The van der Waals surface area contributed by atoms with Crippen LogP contribution in [0, 0.1) is 6.92 Å². The van der Waals surface area contributed by atoms with Crippen LogP contribution >= 0.6 is 0 Å². The van der Waals surface area contributed by atoms with Crippen LogP contribution in [0.1, 0.15) is 18.9 Å². The predicted molar refractivity (Wildman–Crippen MR) is 81.0 cm³/mol. The van der Waals surface area contributed by atoms with Crippen molar-refractivity contribution in [3.05, 3.63) is 17.7 Å². The number of hydrogen-bond acceptors (Lipinski definition) is 5. The molecule has 0 aromatic heterocycles. The van der Waals surface area contributed by atoms with Gasteiger partial charge in [-0.15, -0.1) is 0 Å². The van der Waals surface area contributed by atoms with E-state index in [2.05, 4.69) is 0 Å². The Labute approximate surface area is 130 Å². The van der Waals surface area contributed by atoms with Crippen molar-refractivity contribution in [3.63, 3.8) is 0 Å². The molecule has 1 N–H and O–H groups in total. The quantitative estimate of drug-likeness (QED) is 0.776. The van der Waals surface area contributed by atoms with Crippen LogP contribution < -0.4 is 9.47 Å². The Kier molecular flexibility index (Phi) is 6.19. The normalized spacial score (nSPS) is 11.5. The van der Waals surface area contributed by atoms with Gasteiger partial charge in [0.05, 0.1) is 19.1 Å². The van der Waals surface area contributed by atoms with E-state index in [0.29, 0.717) is 17.7 Å². The minimum Gasteiger partial charge on any atom is -0.493 e. The monoisotopic (exact) mass is 331 g/mol. The Morgan fingerprint density at radius 2 is 1.77 bits per heavy atom. The smallest absolute Gasteiger partial charge is 0.318 e. The molecule has 0 atom stereocenters. The fourth-order valence-electron chi connectivity index (χ4n) is 2.06. The van der Waals surface area contributed by atoms with Crippen LogP contribution in [0.25, 0.3) is 0 Å². The maximum atomic E-state index is 12.7. The van der Waals surface area contributed by atoms with Crippen LogP contribution in [0.5, 0.6) is 11.5 Å². The second kappa shape index (κ2) is 7.46. The maximum absolute atomic E-state index is 12.7. The molecule has 0 heterocycles. The van der Waals surface area contributed by atoms with E-state index in [4.69, 9.17) is 14.6 Å². The molecular weight excluding hydrogens is 310 g/mol. The minimum atomic E-state index is -3.93. The van der Waals surface area contributed by atoms with Crippen LogP contribution in [0.4, 0.5) is 0 Å². The molecule has 1 aromatic rings. The van der Waals surface area contributed by atoms with E-state index >= 15 is 0 Å². The minimum absolute atomic E-state index is 0.0138. The molecule has 1 aromatic carbocycles. The first-order chi connectivity index (χ1) is 10.3. The van der Waals surface area contributed by atoms with Gasteiger partial charge in [-0.05, 0) is 25.0 Å². The molecule has 22 heavy (non-hydrogen) atoms. The molecule has 0 bridgehead atoms. The van der Waals surface area contributed by atoms with E-state index in [-0.39, 0.29) is 17.2 Å². The highest BCUT2D eigenvalue weighted by Gasteiger charge is 2.28. The van der Waals surface area contributed by atoms with Crippen molar-refractivity contribution in [2.24, 2.45) is 0 Å². The zero-order valence-corrected chi connectivity index (χ0v) is 13.9. The number of nitrogens with zero attached hydrogens (tertiary/aromatic N) is 1. The summed E-state index contributed by atoms with van der Waals surface area (Å²) in [6.07, 6.45) is 0.513. The number of hydrogen-bond donors (Lipinski definition) is 1. The molecule has 0 aliphatic heterocycles. The third kappa shape index (κ3) is 3.89. The van der Waals surface area contributed by atoms with Crippen molar-refractivity contribution >= 4 is 16.0 Å². The van der Waals surface area contributed by atoms with Gasteiger partial charge in [-0.25, -0.2) is 8.42 Å². The standard InChI is InChI=1S/C14H21NO6S/c1-5-6-15(9-14(16)17)22(18,19)13-8-12(21-4)11(20-3)7-10(13)2/h7-8H,5-6,9H2,1-4H3,(H,16,17). The Morgan fingerprint density at radius 1 is 1.23 bits per heavy atom. The Hall–Kier alpha value is -1.80. The molecule has 7 nitrogen and oxygen atoms in total. The summed E-state index contributed by atoms with van der Waals surface area (Å²) in [4.78, 5) is 10.9. The average Bonchev–Trinajstić information content (AvgIpc) is 2.45. The van der Waals surface area contributed by atoms with Crippen molar-refractivity contribution in [1.82, 2.24) is 4.31 Å². The highest BCUT2D eigenvalue weighted by molar-refractivity contribution is 7.89. The highest BCUT2D eigenvalue weighted by atomic mass is 32.2. The van der Waals surface area contributed by atoms with E-state index in [1.165, 1.54) is 20.3 Å². The highest BCUT2D eigenvalue weighted by Crippen LogP contribution is 2.33. The van der Waals surface area contributed by atoms with Crippen LogP contribution in [-0.4, -0.2) is 51.1 Å². The zero-order chi connectivity index (χ0) is 16.9. The summed E-state index contributed by atoms with van der Waals surface area (Å²) in [6.45, 7) is 2.96. The van der Waals surface area contributed by atoms with Gasteiger partial charge in [-0.2, -0.15) is 4.31 Å². The number of carboxylic acids is 1. The van der Waals surface area contributed by atoms with Gasteiger partial charge >= 0.3 is 5.97 Å². The van der Waals surface area contributed by atoms with Crippen molar-refractivity contribution in [2.45, 2.75) is 25.2 Å². The molecule has 8 heteroatoms. The first-order valence-electron chi connectivity index (χ1n) is 6.72. The Balaban J connectivity index is 3.39. The van der Waals surface area contributed by atoms with Gasteiger partial charge in [0.2, 0.25) is 10.0 Å². The van der Waals surface area contributed by atoms with E-state index in [0.717, 1.165) is 4.31 Å². The van der Waals surface area contributed by atoms with Crippen LogP contribution in [0.3, 0.4) is 0 Å². The molecule has 0 saturated heterocycles. The van der Waals surface area contributed by atoms with Crippen LogP contribution in [-0.2, 0) is 14.8 Å². The zero-order valence-electron chi connectivity index (χ0n) is 13.1. The second-order valence-electron chi connectivity index (χ2n) is 4.71. The SMILES string of the molecule is CCCN(CC(=O)O)S(=O)(=O)c1cc(OC)c(OC)cc1C. The molecule has 124 valence electrons. The first kappa shape index (κ1) is 18.2. The molecule has 0 unspecified atom stereocenters. The Bertz CT molecular complexity index is 641. The fourth-order valence-corrected chi connectivity index (χ4v) is 3.77. The topological polar surface area (TPSA) is 93.1 Å². The van der Waals surface area contributed by atoms with Gasteiger partial charge in [0.15, 0.2) is 11.5 Å². The summed E-state index contributed by atoms with van der Waals surface area (Å²) in [6, 6.07) is 2.91. The summed E-state index contributed by atoms with van der Waals surface area (Å²) in [5.41, 5.74) is 0.462. The molecule has 0 aliphatic carbocycles. The van der Waals surface area contributed by atoms with Crippen molar-refractivity contribution < 1.29 is 27.8 Å². The number of rotatable bonds is 8. The fraction of sp³-hybridized carbons (Fsp3) is 0.500. The summed E-state index contributed by atoms with van der Waals surface area (Å²) in [5.74, 6) is -0.507. The van der Waals surface area contributed by atoms with Crippen molar-refractivity contribution in [2.75, 3.05) is 27.3 Å². The van der Waals surface area contributed by atoms with E-state index in [1.54, 1.807) is 19.9 Å². The lowest BCUT2D eigenvalue weighted by atomic mass is 10.2. The lowest BCUT2D eigenvalue weighted by Gasteiger charge is -2.21. The largest absolute Gasteiger partial charge is 0.493 e. The predicted octanol–water partition coefficient (Wildman–Crippen LogP) is 1.50. The van der Waals surface area contributed by atoms with Gasteiger partial charge in [0, 0.05) is 12.6 Å². The lowest BCUT2D eigenvalue weighted by Crippen LogP contribution is -2.36. The lowest BCUT2D eigenvalue weighted by molar-refractivity contribution is -0.137. The number of carboxylic acid groups (broad SMARTS) is 1. The second-order valence-corrected chi connectivity index (χ2v) is 6.61. The van der Waals surface area contributed by atoms with E-state index in [1.807, 2.05) is 0 Å². The maximum Gasteiger partial charge on any atom is 0.318 e. The number of carbonyl (C=O) groups is 1. The number of aliphatic carboxylic acids is 1. The summed E-state index contributed by atoms with van der Waals surface area (Å²) >= 11 is 0. The average molecular weight is 331 g/mol. The molecule has 0 spiro atoms. The summed E-state index contributed by atoms with van der Waals surface area (Å²) in [7, 11) is -1.06. The first-order valence-corrected chi connectivity index (χ1v) is 8.16. The third-order valence-corrected chi connectivity index (χ3v) is 5.07. The number of ether oxygens (including phenoxy) is 2. The van der Waals surface area contributed by atoms with Crippen molar-refractivity contribution in [1.29, 1.82) is 0 Å². The number of sulfonamides is 1. The molecule has 0 saturated carbocycles. The summed E-state index contributed by atoms with van der Waals surface area (Å²) < 4.78 is 36.6. The molecule has 0 radical (unpaired) electrons. The van der Waals surface area contributed by atoms with Gasteiger partial charge in [-0.3, -0.25) is 4.79 Å². The third-order valence-electron chi connectivity index (χ3n) is 3.08. The molecule has 0 aliphatic rings. The number of aryl methyl sites for hydroxylation is 1. The van der Waals surface area contributed by atoms with Crippen LogP contribution in [0.2, 0.25) is 0 Å². The molecule has 0 fully saturated rings. The van der Waals surface area contributed by atoms with Crippen LogP contribution in [0.15, 0.2) is 17.0 Å². The molecule has 0 amide bonds. The van der Waals surface area contributed by atoms with Gasteiger partial charge in [0.1, 0.15) is 6.54 Å². The van der Waals surface area contributed by atoms with Gasteiger partial charge < -0.3 is 14.6 Å². The number of benzene rings is 1. The van der Waals surface area contributed by atoms with E-state index < -0.39 is 22.5 Å². The van der Waals surface area contributed by atoms with Gasteiger partial charge in [0.25, 0.3) is 0 Å². The van der Waals surface area contributed by atoms with E-state index in [9.17, 15) is 13.2 Å². The molecular formula is C14H21NO6S. The Morgan fingerprint density at radius 3 is 2.23 bits per heavy atom. The van der Waals surface area contributed by atoms with Gasteiger partial charge in [-0.1, -0.05) is 6.92 Å². The molecule has 1 rings (SSSR count).